The molecule has 1 aromatic carbocycles. The third kappa shape index (κ3) is 2.31. The molecule has 2 unspecified atom stereocenters. The summed E-state index contributed by atoms with van der Waals surface area (Å²) in [5, 5.41) is 11.4. The van der Waals surface area contributed by atoms with E-state index in [0.29, 0.717) is 46.4 Å². The van der Waals surface area contributed by atoms with Gasteiger partial charge in [-0.15, -0.1) is 11.8 Å². The topological polar surface area (TPSA) is 81.4 Å². The van der Waals surface area contributed by atoms with Crippen molar-refractivity contribution >= 4 is 28.6 Å². The number of benzene rings is 1. The molecule has 5 heterocycles. The molecule has 162 valence electrons. The lowest BCUT2D eigenvalue weighted by Gasteiger charge is -2.28. The summed E-state index contributed by atoms with van der Waals surface area (Å²) in [4.78, 5) is 31.0. The Morgan fingerprint density at radius 3 is 2.84 bits per heavy atom. The molecule has 7 rings (SSSR count). The van der Waals surface area contributed by atoms with Crippen LogP contribution >= 0.6 is 11.8 Å². The highest BCUT2D eigenvalue weighted by Crippen LogP contribution is 2.55. The number of aromatic nitrogens is 2. The molecule has 2 aromatic heterocycles. The standard InChI is InChI=1S/C24H19FN2O4S/c1-9-15(25)5-16-19-18(14(10-2-3-10)8-32-22(9)19)12-6-27-17(20(12)26-16)4-11-13(23(27)29)7-31-24(30)21(11)28/h4-5,10,14,21,28H,2-3,6-8H2,1H3. The van der Waals surface area contributed by atoms with Crippen LogP contribution in [0.3, 0.4) is 0 Å². The summed E-state index contributed by atoms with van der Waals surface area (Å²) in [6.07, 6.45) is 0.890. The molecule has 0 amide bonds. The predicted octanol–water partition coefficient (Wildman–Crippen LogP) is 3.56. The van der Waals surface area contributed by atoms with Crippen LogP contribution in [0.25, 0.3) is 22.3 Å². The van der Waals surface area contributed by atoms with Crippen LogP contribution in [-0.4, -0.2) is 26.4 Å². The fraction of sp³-hybridized carbons (Fsp3) is 0.375. The number of aliphatic hydroxyl groups excluding tert-OH is 1. The van der Waals surface area contributed by atoms with Gasteiger partial charge in [-0.05, 0) is 48.8 Å². The van der Waals surface area contributed by atoms with E-state index in [1.165, 1.54) is 24.5 Å². The number of pyridine rings is 2. The fourth-order valence-corrected chi connectivity index (χ4v) is 7.03. The Morgan fingerprint density at radius 1 is 1.25 bits per heavy atom. The van der Waals surface area contributed by atoms with E-state index in [4.69, 9.17) is 9.72 Å². The van der Waals surface area contributed by atoms with Gasteiger partial charge in [-0.25, -0.2) is 14.2 Å². The summed E-state index contributed by atoms with van der Waals surface area (Å²) in [6.45, 7) is 2.07. The largest absolute Gasteiger partial charge is 0.458 e. The average Bonchev–Trinajstić information content (AvgIpc) is 3.56. The Balaban J connectivity index is 1.56. The second-order valence-corrected chi connectivity index (χ2v) is 10.2. The van der Waals surface area contributed by atoms with Gasteiger partial charge in [-0.3, -0.25) is 4.79 Å². The van der Waals surface area contributed by atoms with E-state index in [-0.39, 0.29) is 23.5 Å². The summed E-state index contributed by atoms with van der Waals surface area (Å²) in [5.41, 5.74) is 5.04. The van der Waals surface area contributed by atoms with Gasteiger partial charge < -0.3 is 14.4 Å². The van der Waals surface area contributed by atoms with Crippen LogP contribution in [0, 0.1) is 18.7 Å². The van der Waals surface area contributed by atoms with E-state index in [2.05, 4.69) is 0 Å². The lowest BCUT2D eigenvalue weighted by Crippen LogP contribution is -2.32. The van der Waals surface area contributed by atoms with E-state index in [0.717, 1.165) is 21.6 Å². The number of thioether (sulfide) groups is 1. The highest BCUT2D eigenvalue weighted by molar-refractivity contribution is 7.99. The summed E-state index contributed by atoms with van der Waals surface area (Å²) in [6, 6.07) is 3.19. The number of esters is 1. The number of halogens is 1. The first-order chi connectivity index (χ1) is 15.4. The molecule has 6 nitrogen and oxygen atoms in total. The van der Waals surface area contributed by atoms with Crippen molar-refractivity contribution in [3.8, 4) is 11.4 Å². The van der Waals surface area contributed by atoms with Gasteiger partial charge in [-0.2, -0.15) is 0 Å². The zero-order chi connectivity index (χ0) is 21.9. The van der Waals surface area contributed by atoms with Gasteiger partial charge in [0.25, 0.3) is 5.56 Å². The Morgan fingerprint density at radius 2 is 2.06 bits per heavy atom. The van der Waals surface area contributed by atoms with Gasteiger partial charge in [-0.1, -0.05) is 0 Å². The molecule has 1 saturated carbocycles. The number of nitrogens with zero attached hydrogens (tertiary/aromatic N) is 2. The Bertz CT molecular complexity index is 1460. The van der Waals surface area contributed by atoms with E-state index >= 15 is 0 Å². The first-order valence-electron chi connectivity index (χ1n) is 10.8. The highest BCUT2D eigenvalue weighted by Gasteiger charge is 2.41. The molecule has 0 bridgehead atoms. The number of rotatable bonds is 1. The predicted molar refractivity (Wildman–Crippen MR) is 116 cm³/mol. The van der Waals surface area contributed by atoms with Crippen LogP contribution < -0.4 is 5.56 Å². The molecular formula is C24H19FN2O4S. The third-order valence-corrected chi connectivity index (χ3v) is 8.72. The molecule has 1 N–H and O–H groups in total. The van der Waals surface area contributed by atoms with Crippen molar-refractivity contribution in [2.75, 3.05) is 5.75 Å². The SMILES string of the molecule is Cc1c(F)cc2nc3c(c4c2c1SCC4C1CC1)Cn1c-3cc2c(c1=O)COC(=O)C2O. The fourth-order valence-electron chi connectivity index (χ4n) is 5.57. The summed E-state index contributed by atoms with van der Waals surface area (Å²) < 4.78 is 21.4. The maximum absolute atomic E-state index is 14.8. The third-order valence-electron chi connectivity index (χ3n) is 7.40. The molecule has 1 aliphatic carbocycles. The van der Waals surface area contributed by atoms with E-state index in [9.17, 15) is 19.1 Å². The summed E-state index contributed by atoms with van der Waals surface area (Å²) in [5.74, 6) is 0.830. The Labute approximate surface area is 186 Å². The molecule has 1 fully saturated rings. The van der Waals surface area contributed by atoms with E-state index < -0.39 is 12.1 Å². The summed E-state index contributed by atoms with van der Waals surface area (Å²) >= 11 is 1.72. The number of carbonyl (C=O) groups is 1. The molecule has 3 aromatic rings. The molecule has 8 heteroatoms. The molecule has 0 saturated heterocycles. The molecule has 2 atom stereocenters. The summed E-state index contributed by atoms with van der Waals surface area (Å²) in [7, 11) is 0. The van der Waals surface area contributed by atoms with Crippen LogP contribution in [0.4, 0.5) is 4.39 Å². The van der Waals surface area contributed by atoms with Crippen molar-refractivity contribution in [3.05, 3.63) is 56.1 Å². The van der Waals surface area contributed by atoms with Gasteiger partial charge in [0.2, 0.25) is 0 Å². The number of cyclic esters (lactones) is 1. The number of carbonyl (C=O) groups excluding carboxylic acids is 1. The molecule has 0 spiro atoms. The second kappa shape index (κ2) is 6.20. The number of ether oxygens (including phenoxy) is 1. The first-order valence-corrected chi connectivity index (χ1v) is 11.8. The molecule has 3 aliphatic heterocycles. The van der Waals surface area contributed by atoms with Crippen molar-refractivity contribution in [2.45, 2.75) is 49.8 Å². The van der Waals surface area contributed by atoms with Crippen molar-refractivity contribution in [2.24, 2.45) is 5.92 Å². The van der Waals surface area contributed by atoms with Crippen LogP contribution in [0.15, 0.2) is 21.8 Å². The lowest BCUT2D eigenvalue weighted by molar-refractivity contribution is -0.157. The Hall–Kier alpha value is -2.71. The van der Waals surface area contributed by atoms with Gasteiger partial charge in [0.05, 0.1) is 29.0 Å². The quantitative estimate of drug-likeness (QED) is 0.447. The van der Waals surface area contributed by atoms with Crippen LogP contribution in [0.1, 0.15) is 52.7 Å². The van der Waals surface area contributed by atoms with E-state index in [1.54, 1.807) is 22.4 Å². The first kappa shape index (κ1) is 18.8. The van der Waals surface area contributed by atoms with Gasteiger partial charge >= 0.3 is 5.97 Å². The van der Waals surface area contributed by atoms with Crippen molar-refractivity contribution in [3.63, 3.8) is 0 Å². The van der Waals surface area contributed by atoms with Crippen molar-refractivity contribution < 1.29 is 19.0 Å². The monoisotopic (exact) mass is 450 g/mol. The molecule has 32 heavy (non-hydrogen) atoms. The van der Waals surface area contributed by atoms with Crippen LogP contribution in [0.5, 0.6) is 0 Å². The zero-order valence-corrected chi connectivity index (χ0v) is 18.1. The van der Waals surface area contributed by atoms with Gasteiger partial charge in [0.15, 0.2) is 6.10 Å². The number of hydrogen-bond donors (Lipinski definition) is 1. The van der Waals surface area contributed by atoms with Gasteiger partial charge in [0, 0.05) is 33.2 Å². The minimum absolute atomic E-state index is 0.140. The van der Waals surface area contributed by atoms with Crippen molar-refractivity contribution in [1.82, 2.24) is 9.55 Å². The number of aliphatic hydroxyl groups is 1. The highest BCUT2D eigenvalue weighted by atomic mass is 32.2. The zero-order valence-electron chi connectivity index (χ0n) is 17.3. The second-order valence-electron chi connectivity index (χ2n) is 9.18. The van der Waals surface area contributed by atoms with Crippen LogP contribution in [-0.2, 0) is 22.7 Å². The van der Waals surface area contributed by atoms with Crippen LogP contribution in [0.2, 0.25) is 0 Å². The minimum atomic E-state index is -1.48. The molecular weight excluding hydrogens is 431 g/mol. The normalized spacial score (nSPS) is 23.0. The number of fused-ring (bicyclic) bond motifs is 5. The maximum Gasteiger partial charge on any atom is 0.340 e. The Kier molecular flexibility index (Phi) is 3.65. The van der Waals surface area contributed by atoms with Gasteiger partial charge in [0.1, 0.15) is 12.4 Å². The number of hydrogen-bond acceptors (Lipinski definition) is 6. The molecule has 4 aliphatic rings. The van der Waals surface area contributed by atoms with Crippen molar-refractivity contribution in [1.29, 1.82) is 0 Å². The average molecular weight is 450 g/mol. The minimum Gasteiger partial charge on any atom is -0.458 e. The smallest absolute Gasteiger partial charge is 0.340 e. The lowest BCUT2D eigenvalue weighted by atomic mass is 9.87. The molecule has 0 radical (unpaired) electrons. The van der Waals surface area contributed by atoms with E-state index in [1.807, 2.05) is 6.92 Å². The maximum atomic E-state index is 14.8.